The summed E-state index contributed by atoms with van der Waals surface area (Å²) in [5.41, 5.74) is 2.32. The van der Waals surface area contributed by atoms with Gasteiger partial charge in [-0.2, -0.15) is 5.26 Å². The number of nitriles is 1. The van der Waals surface area contributed by atoms with Crippen LogP contribution >= 0.6 is 15.9 Å². The van der Waals surface area contributed by atoms with Gasteiger partial charge >= 0.3 is 0 Å². The molecule has 1 N–H and O–H groups in total. The highest BCUT2D eigenvalue weighted by molar-refractivity contribution is 9.10. The van der Waals surface area contributed by atoms with Crippen molar-refractivity contribution in [2.45, 2.75) is 13.8 Å². The minimum atomic E-state index is -0.570. The number of anilines is 1. The van der Waals surface area contributed by atoms with Gasteiger partial charge in [-0.05, 0) is 61.9 Å². The topological polar surface area (TPSA) is 109 Å². The Labute approximate surface area is 180 Å². The number of nitro benzene ring substituents is 1. The van der Waals surface area contributed by atoms with Crippen LogP contribution < -0.4 is 5.32 Å². The monoisotopic (exact) mass is 465 g/mol. The molecule has 1 heterocycles. The van der Waals surface area contributed by atoms with E-state index >= 15 is 0 Å². The summed E-state index contributed by atoms with van der Waals surface area (Å²) >= 11 is 3.31. The first kappa shape index (κ1) is 21.0. The zero-order valence-corrected chi connectivity index (χ0v) is 17.7. The largest absolute Gasteiger partial charge is 0.457 e. The smallest absolute Gasteiger partial charge is 0.273 e. The Morgan fingerprint density at radius 1 is 1.20 bits per heavy atom. The third kappa shape index (κ3) is 4.64. The maximum absolute atomic E-state index is 12.4. The number of nitrogens with one attached hydrogen (secondary N) is 1. The van der Waals surface area contributed by atoms with Crippen LogP contribution in [-0.2, 0) is 4.79 Å². The fourth-order valence-corrected chi connectivity index (χ4v) is 3.05. The molecule has 0 atom stereocenters. The van der Waals surface area contributed by atoms with Gasteiger partial charge in [0.25, 0.3) is 11.6 Å². The highest BCUT2D eigenvalue weighted by Crippen LogP contribution is 2.31. The fourth-order valence-electron chi connectivity index (χ4n) is 2.78. The summed E-state index contributed by atoms with van der Waals surface area (Å²) in [6, 6.07) is 15.3. The number of carbonyl (C=O) groups excluding carboxylic acids is 1. The SMILES string of the molecule is Cc1cc(-c2ccc(/C=C(/C#N)C(=O)Nc3ccc(Br)cc3)o2)cc([N+](=O)[O-])c1C. The van der Waals surface area contributed by atoms with E-state index in [0.29, 0.717) is 22.6 Å². The number of aryl methyl sites for hydroxylation is 1. The van der Waals surface area contributed by atoms with E-state index in [2.05, 4.69) is 21.2 Å². The second-order valence-electron chi connectivity index (χ2n) is 6.53. The number of carbonyl (C=O) groups is 1. The van der Waals surface area contributed by atoms with E-state index < -0.39 is 10.8 Å². The Morgan fingerprint density at radius 2 is 1.90 bits per heavy atom. The van der Waals surface area contributed by atoms with Crippen LogP contribution in [0.15, 0.2) is 63.0 Å². The second-order valence-corrected chi connectivity index (χ2v) is 7.44. The van der Waals surface area contributed by atoms with Crippen LogP contribution in [0.3, 0.4) is 0 Å². The standard InChI is InChI=1S/C22H16BrN3O4/c1-13-9-15(11-20(14(13)2)26(28)29)21-8-7-19(30-21)10-16(12-24)22(27)25-18-5-3-17(23)4-6-18/h3-11H,1-2H3,(H,25,27)/b16-10-. The number of halogens is 1. The predicted molar refractivity (Wildman–Crippen MR) is 117 cm³/mol. The molecule has 150 valence electrons. The maximum atomic E-state index is 12.4. The fraction of sp³-hybridized carbons (Fsp3) is 0.0909. The first-order valence-corrected chi connectivity index (χ1v) is 9.62. The molecule has 3 rings (SSSR count). The van der Waals surface area contributed by atoms with Crippen molar-refractivity contribution in [2.75, 3.05) is 5.32 Å². The van der Waals surface area contributed by atoms with Crippen molar-refractivity contribution in [3.05, 3.63) is 85.6 Å². The van der Waals surface area contributed by atoms with Gasteiger partial charge < -0.3 is 9.73 Å². The van der Waals surface area contributed by atoms with Crippen molar-refractivity contribution in [1.29, 1.82) is 5.26 Å². The number of amides is 1. The molecule has 1 aromatic heterocycles. The molecular weight excluding hydrogens is 450 g/mol. The van der Waals surface area contributed by atoms with E-state index in [9.17, 15) is 20.2 Å². The third-order valence-electron chi connectivity index (χ3n) is 4.50. The van der Waals surface area contributed by atoms with Crippen LogP contribution in [0.1, 0.15) is 16.9 Å². The number of benzene rings is 2. The average molecular weight is 466 g/mol. The van der Waals surface area contributed by atoms with Gasteiger partial charge in [0.15, 0.2) is 0 Å². The molecule has 0 radical (unpaired) electrons. The average Bonchev–Trinajstić information content (AvgIpc) is 3.18. The number of furan rings is 1. The molecule has 2 aromatic carbocycles. The lowest BCUT2D eigenvalue weighted by Crippen LogP contribution is -2.13. The van der Waals surface area contributed by atoms with Gasteiger partial charge in [-0.25, -0.2) is 0 Å². The summed E-state index contributed by atoms with van der Waals surface area (Å²) in [6.07, 6.45) is 1.33. The highest BCUT2D eigenvalue weighted by atomic mass is 79.9. The van der Waals surface area contributed by atoms with Crippen molar-refractivity contribution >= 4 is 39.3 Å². The lowest BCUT2D eigenvalue weighted by Gasteiger charge is -2.05. The summed E-state index contributed by atoms with van der Waals surface area (Å²) in [5.74, 6) is 0.117. The molecule has 7 nitrogen and oxygen atoms in total. The quantitative estimate of drug-likeness (QED) is 0.222. The molecule has 0 bridgehead atoms. The lowest BCUT2D eigenvalue weighted by molar-refractivity contribution is -0.385. The molecule has 3 aromatic rings. The number of nitrogens with zero attached hydrogens (tertiary/aromatic N) is 2. The molecule has 30 heavy (non-hydrogen) atoms. The number of hydrogen-bond donors (Lipinski definition) is 1. The van der Waals surface area contributed by atoms with Gasteiger partial charge in [-0.1, -0.05) is 15.9 Å². The van der Waals surface area contributed by atoms with Gasteiger partial charge in [0, 0.05) is 33.4 Å². The predicted octanol–water partition coefficient (Wildman–Crippen LogP) is 5.78. The van der Waals surface area contributed by atoms with Crippen molar-refractivity contribution in [3.63, 3.8) is 0 Å². The van der Waals surface area contributed by atoms with Crippen LogP contribution in [0.5, 0.6) is 0 Å². The summed E-state index contributed by atoms with van der Waals surface area (Å²) in [6.45, 7) is 3.48. The van der Waals surface area contributed by atoms with Crippen LogP contribution in [0.4, 0.5) is 11.4 Å². The molecule has 1 amide bonds. The first-order chi connectivity index (χ1) is 14.3. The summed E-state index contributed by atoms with van der Waals surface area (Å²) in [4.78, 5) is 23.2. The van der Waals surface area contributed by atoms with Gasteiger partial charge in [0.1, 0.15) is 23.2 Å². The molecule has 0 unspecified atom stereocenters. The molecule has 8 heteroatoms. The summed E-state index contributed by atoms with van der Waals surface area (Å²) in [7, 11) is 0. The van der Waals surface area contributed by atoms with Crippen LogP contribution in [-0.4, -0.2) is 10.8 Å². The van der Waals surface area contributed by atoms with E-state index in [4.69, 9.17) is 4.42 Å². The molecule has 0 spiro atoms. The van der Waals surface area contributed by atoms with Gasteiger partial charge in [-0.15, -0.1) is 0 Å². The van der Waals surface area contributed by atoms with E-state index in [-0.39, 0.29) is 17.0 Å². The molecule has 0 fully saturated rings. The highest BCUT2D eigenvalue weighted by Gasteiger charge is 2.17. The van der Waals surface area contributed by atoms with Crippen molar-refractivity contribution < 1.29 is 14.1 Å². The Morgan fingerprint density at radius 3 is 2.53 bits per heavy atom. The molecular formula is C22H16BrN3O4. The first-order valence-electron chi connectivity index (χ1n) is 8.83. The Hall–Kier alpha value is -3.70. The molecule has 0 aliphatic rings. The zero-order chi connectivity index (χ0) is 21.8. The van der Waals surface area contributed by atoms with Crippen molar-refractivity contribution in [1.82, 2.24) is 0 Å². The zero-order valence-electron chi connectivity index (χ0n) is 16.1. The van der Waals surface area contributed by atoms with Gasteiger partial charge in [0.2, 0.25) is 0 Å². The summed E-state index contributed by atoms with van der Waals surface area (Å²) < 4.78 is 6.58. The minimum absolute atomic E-state index is 0.00471. The molecule has 0 aliphatic carbocycles. The Balaban J connectivity index is 1.87. The molecule has 0 saturated carbocycles. The van der Waals surface area contributed by atoms with Gasteiger partial charge in [-0.3, -0.25) is 14.9 Å². The Kier molecular flexibility index (Phi) is 6.14. The number of nitro groups is 1. The maximum Gasteiger partial charge on any atom is 0.273 e. The minimum Gasteiger partial charge on any atom is -0.457 e. The van der Waals surface area contributed by atoms with E-state index in [0.717, 1.165) is 10.0 Å². The Bertz CT molecular complexity index is 1200. The molecule has 0 aliphatic heterocycles. The van der Waals surface area contributed by atoms with Crippen LogP contribution in [0.2, 0.25) is 0 Å². The summed E-state index contributed by atoms with van der Waals surface area (Å²) in [5, 5.41) is 23.3. The van der Waals surface area contributed by atoms with Crippen LogP contribution in [0, 0.1) is 35.3 Å². The molecule has 0 saturated heterocycles. The van der Waals surface area contributed by atoms with E-state index in [1.165, 1.54) is 12.1 Å². The number of hydrogen-bond acceptors (Lipinski definition) is 5. The second kappa shape index (κ2) is 8.76. The van der Waals surface area contributed by atoms with Crippen molar-refractivity contribution in [2.24, 2.45) is 0 Å². The third-order valence-corrected chi connectivity index (χ3v) is 5.03. The van der Waals surface area contributed by atoms with E-state index in [1.54, 1.807) is 56.3 Å². The van der Waals surface area contributed by atoms with Crippen molar-refractivity contribution in [3.8, 4) is 17.4 Å². The lowest BCUT2D eigenvalue weighted by atomic mass is 10.0. The van der Waals surface area contributed by atoms with E-state index in [1.807, 2.05) is 6.07 Å². The normalized spacial score (nSPS) is 11.1. The van der Waals surface area contributed by atoms with Crippen LogP contribution in [0.25, 0.3) is 17.4 Å². The van der Waals surface area contributed by atoms with Gasteiger partial charge in [0.05, 0.1) is 4.92 Å². The number of rotatable bonds is 5.